The van der Waals surface area contributed by atoms with E-state index in [4.69, 9.17) is 15.0 Å². The van der Waals surface area contributed by atoms with Gasteiger partial charge in [-0.3, -0.25) is 9.59 Å². The van der Waals surface area contributed by atoms with Crippen LogP contribution >= 0.6 is 0 Å². The molecule has 7 heteroatoms. The molecule has 0 aromatic rings. The highest BCUT2D eigenvalue weighted by molar-refractivity contribution is 5.81. The number of carboxylic acids is 1. The van der Waals surface area contributed by atoms with Crippen LogP contribution < -0.4 is 10.6 Å². The lowest BCUT2D eigenvalue weighted by molar-refractivity contribution is -0.138. The van der Waals surface area contributed by atoms with Crippen molar-refractivity contribution in [2.75, 3.05) is 6.54 Å². The van der Waals surface area contributed by atoms with Crippen molar-refractivity contribution in [1.29, 1.82) is 0 Å². The van der Waals surface area contributed by atoms with E-state index in [2.05, 4.69) is 10.6 Å². The summed E-state index contributed by atoms with van der Waals surface area (Å²) in [6.45, 7) is 7.39. The minimum Gasteiger partial charge on any atom is -0.483 e. The molecule has 0 saturated carbocycles. The minimum atomic E-state index is -1.05. The molecule has 0 aliphatic rings. The first-order valence-electron chi connectivity index (χ1n) is 4.84. The van der Waals surface area contributed by atoms with Gasteiger partial charge in [0.2, 0.25) is 0 Å². The molecule has 0 radical (unpaired) electrons. The minimum absolute atomic E-state index is 0.250. The lowest BCUT2D eigenvalue weighted by Gasteiger charge is -2.08. The van der Waals surface area contributed by atoms with Crippen molar-refractivity contribution in [1.82, 2.24) is 10.6 Å². The Morgan fingerprint density at radius 2 is 1.75 bits per heavy atom. The average Bonchev–Trinajstić information content (AvgIpc) is 2.22. The van der Waals surface area contributed by atoms with Crippen molar-refractivity contribution in [2.24, 2.45) is 0 Å². The number of amides is 2. The molecule has 0 fully saturated rings. The van der Waals surface area contributed by atoms with E-state index in [1.54, 1.807) is 6.92 Å². The highest BCUT2D eigenvalue weighted by Crippen LogP contribution is 1.79. The number of nitrogens with one attached hydrogen (secondary N) is 2. The van der Waals surface area contributed by atoms with Crippen molar-refractivity contribution in [3.05, 3.63) is 0 Å². The number of carboxylic acid groups (broad SMARTS) is 2. The van der Waals surface area contributed by atoms with Gasteiger partial charge in [-0.2, -0.15) is 0 Å². The van der Waals surface area contributed by atoms with Crippen LogP contribution in [-0.2, 0) is 9.59 Å². The van der Waals surface area contributed by atoms with Crippen molar-refractivity contribution >= 4 is 18.5 Å². The predicted molar refractivity (Wildman–Crippen MR) is 59.3 cm³/mol. The lowest BCUT2D eigenvalue weighted by atomic mass is 10.3. The molecular weight excluding hydrogens is 216 g/mol. The van der Waals surface area contributed by atoms with Gasteiger partial charge in [0.15, 0.2) is 0 Å². The molecule has 0 unspecified atom stereocenters. The second-order valence-corrected chi connectivity index (χ2v) is 2.17. The molecule has 0 aromatic carbocycles. The standard InChI is InChI=1S/C6H12N2O3.C2H6.CH2O2/c1-3-7-6(11)8-4(2)5(9)10;1-2;2-1-3/h4H,3H2,1-2H3,(H,9,10)(H2,7,8,11);1-2H3;1H,(H,2,3)/t4-;;/m0../s1. The maximum atomic E-state index is 10.7. The molecule has 0 heterocycles. The molecule has 0 aromatic heterocycles. The van der Waals surface area contributed by atoms with Crippen LogP contribution in [0, 0.1) is 0 Å². The Kier molecular flexibility index (Phi) is 19.3. The highest BCUT2D eigenvalue weighted by Gasteiger charge is 2.12. The SMILES string of the molecule is CC.CCNC(=O)N[C@@H](C)C(=O)O.O=CO. The predicted octanol–water partition coefficient (Wildman–Crippen LogP) is 0.506. The van der Waals surface area contributed by atoms with Gasteiger partial charge in [0.25, 0.3) is 6.47 Å². The molecule has 0 aliphatic heterocycles. The summed E-state index contributed by atoms with van der Waals surface area (Å²) < 4.78 is 0. The van der Waals surface area contributed by atoms with E-state index in [9.17, 15) is 9.59 Å². The Morgan fingerprint density at radius 1 is 1.38 bits per heavy atom. The number of rotatable bonds is 3. The first kappa shape index (κ1) is 19.7. The van der Waals surface area contributed by atoms with Crippen LogP contribution in [-0.4, -0.2) is 41.3 Å². The molecule has 0 aliphatic carbocycles. The Hall–Kier alpha value is -1.79. The van der Waals surface area contributed by atoms with E-state index in [1.165, 1.54) is 6.92 Å². The number of hydrogen-bond donors (Lipinski definition) is 4. The molecule has 7 nitrogen and oxygen atoms in total. The fourth-order valence-electron chi connectivity index (χ4n) is 0.470. The zero-order chi connectivity index (χ0) is 13.6. The molecule has 1 atom stereocenters. The summed E-state index contributed by atoms with van der Waals surface area (Å²) in [5, 5.41) is 19.9. The Labute approximate surface area is 94.8 Å². The summed E-state index contributed by atoms with van der Waals surface area (Å²) in [7, 11) is 0. The first-order chi connectivity index (χ1) is 7.49. The zero-order valence-corrected chi connectivity index (χ0v) is 9.98. The zero-order valence-electron chi connectivity index (χ0n) is 9.98. The second-order valence-electron chi connectivity index (χ2n) is 2.17. The fraction of sp³-hybridized carbons (Fsp3) is 0.667. The molecule has 0 rings (SSSR count). The van der Waals surface area contributed by atoms with Crippen molar-refractivity contribution in [3.8, 4) is 0 Å². The van der Waals surface area contributed by atoms with Crippen molar-refractivity contribution in [3.63, 3.8) is 0 Å². The fourth-order valence-corrected chi connectivity index (χ4v) is 0.470. The number of aliphatic carboxylic acids is 1. The molecule has 0 saturated heterocycles. The largest absolute Gasteiger partial charge is 0.483 e. The third-order valence-corrected chi connectivity index (χ3v) is 1.06. The van der Waals surface area contributed by atoms with Crippen LogP contribution in [0.2, 0.25) is 0 Å². The summed E-state index contributed by atoms with van der Waals surface area (Å²) in [6, 6.07) is -1.30. The molecular formula is C9H20N2O5. The molecule has 96 valence electrons. The topological polar surface area (TPSA) is 116 Å². The second kappa shape index (κ2) is 15.7. The monoisotopic (exact) mass is 236 g/mol. The van der Waals surface area contributed by atoms with Gasteiger partial charge in [0.05, 0.1) is 0 Å². The maximum absolute atomic E-state index is 10.7. The van der Waals surface area contributed by atoms with E-state index in [1.807, 2.05) is 13.8 Å². The lowest BCUT2D eigenvalue weighted by Crippen LogP contribution is -2.44. The Morgan fingerprint density at radius 3 is 2.00 bits per heavy atom. The van der Waals surface area contributed by atoms with Gasteiger partial charge in [0, 0.05) is 6.54 Å². The molecule has 0 spiro atoms. The average molecular weight is 236 g/mol. The molecule has 4 N–H and O–H groups in total. The number of urea groups is 1. The Bertz CT molecular complexity index is 196. The third kappa shape index (κ3) is 18.1. The van der Waals surface area contributed by atoms with Crippen LogP contribution in [0.3, 0.4) is 0 Å². The van der Waals surface area contributed by atoms with Gasteiger partial charge in [0.1, 0.15) is 6.04 Å². The van der Waals surface area contributed by atoms with Crippen molar-refractivity contribution in [2.45, 2.75) is 33.7 Å². The van der Waals surface area contributed by atoms with Gasteiger partial charge >= 0.3 is 12.0 Å². The summed E-state index contributed by atoms with van der Waals surface area (Å²) in [5.74, 6) is -1.05. The number of hydrogen-bond acceptors (Lipinski definition) is 3. The van der Waals surface area contributed by atoms with Gasteiger partial charge in [-0.05, 0) is 13.8 Å². The van der Waals surface area contributed by atoms with Gasteiger partial charge < -0.3 is 20.8 Å². The Balaban J connectivity index is -0.000000289. The number of carbonyl (C=O) groups is 3. The van der Waals surface area contributed by atoms with Crippen LogP contribution in [0.15, 0.2) is 0 Å². The van der Waals surface area contributed by atoms with E-state index < -0.39 is 18.0 Å². The van der Waals surface area contributed by atoms with E-state index in [0.29, 0.717) is 6.54 Å². The normalized spacial score (nSPS) is 9.25. The molecule has 2 amide bonds. The van der Waals surface area contributed by atoms with Crippen molar-refractivity contribution < 1.29 is 24.6 Å². The summed E-state index contributed by atoms with van der Waals surface area (Å²) in [6.07, 6.45) is 0. The van der Waals surface area contributed by atoms with Gasteiger partial charge in [-0.25, -0.2) is 4.79 Å². The summed E-state index contributed by atoms with van der Waals surface area (Å²) in [5.41, 5.74) is 0. The van der Waals surface area contributed by atoms with Crippen LogP contribution in [0.1, 0.15) is 27.7 Å². The van der Waals surface area contributed by atoms with Crippen LogP contribution in [0.5, 0.6) is 0 Å². The first-order valence-corrected chi connectivity index (χ1v) is 4.84. The third-order valence-electron chi connectivity index (χ3n) is 1.06. The van der Waals surface area contributed by atoms with Gasteiger partial charge in [-0.15, -0.1) is 0 Å². The summed E-state index contributed by atoms with van der Waals surface area (Å²) in [4.78, 5) is 29.2. The van der Waals surface area contributed by atoms with E-state index in [-0.39, 0.29) is 6.47 Å². The summed E-state index contributed by atoms with van der Waals surface area (Å²) >= 11 is 0. The van der Waals surface area contributed by atoms with Crippen LogP contribution in [0.25, 0.3) is 0 Å². The van der Waals surface area contributed by atoms with E-state index in [0.717, 1.165) is 0 Å². The molecule has 16 heavy (non-hydrogen) atoms. The smallest absolute Gasteiger partial charge is 0.325 e. The molecule has 0 bridgehead atoms. The quantitative estimate of drug-likeness (QED) is 0.533. The van der Waals surface area contributed by atoms with Gasteiger partial charge in [-0.1, -0.05) is 13.8 Å². The highest BCUT2D eigenvalue weighted by atomic mass is 16.4. The van der Waals surface area contributed by atoms with E-state index >= 15 is 0 Å². The maximum Gasteiger partial charge on any atom is 0.325 e. The number of carbonyl (C=O) groups excluding carboxylic acids is 1. The van der Waals surface area contributed by atoms with Crippen LogP contribution in [0.4, 0.5) is 4.79 Å².